The second-order valence-electron chi connectivity index (χ2n) is 6.24. The molecule has 122 valence electrons. The van der Waals surface area contributed by atoms with Crippen molar-refractivity contribution in [3.8, 4) is 0 Å². The van der Waals surface area contributed by atoms with E-state index in [1.54, 1.807) is 0 Å². The summed E-state index contributed by atoms with van der Waals surface area (Å²) in [5, 5.41) is 0. The predicted molar refractivity (Wildman–Crippen MR) is 78.5 cm³/mol. The predicted octanol–water partition coefficient (Wildman–Crippen LogP) is 3.94. The number of halogens is 3. The SMILES string of the molecule is CC1=C(C)C[C@H]2C(=O)N(c3ccc(C(F)(F)F)cc3)C(=O)[C@@H]2C1. The van der Waals surface area contributed by atoms with Gasteiger partial charge >= 0.3 is 6.18 Å². The molecule has 23 heavy (non-hydrogen) atoms. The van der Waals surface area contributed by atoms with Crippen molar-refractivity contribution in [2.45, 2.75) is 32.9 Å². The van der Waals surface area contributed by atoms with Crippen molar-refractivity contribution >= 4 is 17.5 Å². The summed E-state index contributed by atoms with van der Waals surface area (Å²) in [6, 6.07) is 4.16. The van der Waals surface area contributed by atoms with Gasteiger partial charge in [-0.15, -0.1) is 0 Å². The molecular weight excluding hydrogens is 307 g/mol. The Balaban J connectivity index is 1.91. The van der Waals surface area contributed by atoms with Crippen LogP contribution in [0.2, 0.25) is 0 Å². The number of hydrogen-bond acceptors (Lipinski definition) is 2. The number of nitrogens with zero attached hydrogens (tertiary/aromatic N) is 1. The van der Waals surface area contributed by atoms with Crippen LogP contribution in [0.25, 0.3) is 0 Å². The zero-order valence-corrected chi connectivity index (χ0v) is 12.8. The number of fused-ring (bicyclic) bond motifs is 1. The normalized spacial score (nSPS) is 25.2. The molecular formula is C17H16F3NO2. The van der Waals surface area contributed by atoms with E-state index in [2.05, 4.69) is 0 Å². The Morgan fingerprint density at radius 1 is 0.913 bits per heavy atom. The van der Waals surface area contributed by atoms with Crippen LogP contribution < -0.4 is 4.90 Å². The van der Waals surface area contributed by atoms with Gasteiger partial charge in [0.1, 0.15) is 0 Å². The molecule has 0 saturated carbocycles. The molecule has 1 fully saturated rings. The quantitative estimate of drug-likeness (QED) is 0.580. The Morgan fingerprint density at radius 2 is 1.35 bits per heavy atom. The molecule has 0 aromatic heterocycles. The summed E-state index contributed by atoms with van der Waals surface area (Å²) in [6.07, 6.45) is -3.36. The summed E-state index contributed by atoms with van der Waals surface area (Å²) in [6.45, 7) is 3.90. The topological polar surface area (TPSA) is 37.4 Å². The van der Waals surface area contributed by atoms with Gasteiger partial charge in [-0.1, -0.05) is 11.1 Å². The average molecular weight is 323 g/mol. The van der Waals surface area contributed by atoms with Crippen molar-refractivity contribution in [3.63, 3.8) is 0 Å². The van der Waals surface area contributed by atoms with E-state index in [1.165, 1.54) is 12.1 Å². The summed E-state index contributed by atoms with van der Waals surface area (Å²) in [5.41, 5.74) is 1.63. The Kier molecular flexibility index (Phi) is 3.58. The lowest BCUT2D eigenvalue weighted by atomic mass is 9.78. The van der Waals surface area contributed by atoms with Crippen molar-refractivity contribution in [1.29, 1.82) is 0 Å². The molecule has 3 nitrogen and oxygen atoms in total. The molecule has 3 rings (SSSR count). The minimum absolute atomic E-state index is 0.206. The highest BCUT2D eigenvalue weighted by atomic mass is 19.4. The van der Waals surface area contributed by atoms with Crippen LogP contribution in [0.5, 0.6) is 0 Å². The first-order valence-corrected chi connectivity index (χ1v) is 7.40. The van der Waals surface area contributed by atoms with Crippen LogP contribution in [0.4, 0.5) is 18.9 Å². The molecule has 0 radical (unpaired) electrons. The third-order valence-corrected chi connectivity index (χ3v) is 4.79. The zero-order valence-electron chi connectivity index (χ0n) is 12.8. The summed E-state index contributed by atoms with van der Waals surface area (Å²) in [7, 11) is 0. The summed E-state index contributed by atoms with van der Waals surface area (Å²) in [4.78, 5) is 26.1. The Labute approximate surface area is 131 Å². The van der Waals surface area contributed by atoms with Crippen LogP contribution in [-0.4, -0.2) is 11.8 Å². The third-order valence-electron chi connectivity index (χ3n) is 4.79. The van der Waals surface area contributed by atoms with Gasteiger partial charge in [0, 0.05) is 0 Å². The molecule has 1 saturated heterocycles. The van der Waals surface area contributed by atoms with E-state index in [1.807, 2.05) is 13.8 Å². The van der Waals surface area contributed by atoms with Crippen LogP contribution in [0.3, 0.4) is 0 Å². The molecule has 6 heteroatoms. The molecule has 0 bridgehead atoms. The zero-order chi connectivity index (χ0) is 16.9. The summed E-state index contributed by atoms with van der Waals surface area (Å²) >= 11 is 0. The van der Waals surface area contributed by atoms with Crippen molar-refractivity contribution in [1.82, 2.24) is 0 Å². The molecule has 2 amide bonds. The number of allylic oxidation sites excluding steroid dienone is 2. The van der Waals surface area contributed by atoms with E-state index in [0.717, 1.165) is 28.2 Å². The van der Waals surface area contributed by atoms with Gasteiger partial charge in [-0.2, -0.15) is 13.2 Å². The minimum Gasteiger partial charge on any atom is -0.274 e. The van der Waals surface area contributed by atoms with Gasteiger partial charge < -0.3 is 0 Å². The highest BCUT2D eigenvalue weighted by Gasteiger charge is 2.49. The van der Waals surface area contributed by atoms with Crippen LogP contribution >= 0.6 is 0 Å². The number of amides is 2. The smallest absolute Gasteiger partial charge is 0.274 e. The first-order valence-electron chi connectivity index (χ1n) is 7.40. The molecule has 1 aliphatic carbocycles. The lowest BCUT2D eigenvalue weighted by Gasteiger charge is -2.23. The van der Waals surface area contributed by atoms with Crippen molar-refractivity contribution in [3.05, 3.63) is 41.0 Å². The number of imide groups is 1. The molecule has 1 aromatic rings. The number of hydrogen-bond donors (Lipinski definition) is 0. The van der Waals surface area contributed by atoms with Crippen molar-refractivity contribution < 1.29 is 22.8 Å². The van der Waals surface area contributed by atoms with Gasteiger partial charge in [0.05, 0.1) is 23.1 Å². The number of carbonyl (C=O) groups is 2. The van der Waals surface area contributed by atoms with Gasteiger partial charge in [0.25, 0.3) is 0 Å². The number of anilines is 1. The lowest BCUT2D eigenvalue weighted by molar-refractivity contribution is -0.137. The highest BCUT2D eigenvalue weighted by molar-refractivity contribution is 6.22. The van der Waals surface area contributed by atoms with Gasteiger partial charge in [-0.3, -0.25) is 14.5 Å². The standard InChI is InChI=1S/C17H16F3NO2/c1-9-7-13-14(8-10(9)2)16(23)21(15(13)22)12-5-3-11(4-6-12)17(18,19)20/h3-6,13-14H,7-8H2,1-2H3/t13-,14-/m1/s1. The fourth-order valence-corrected chi connectivity index (χ4v) is 3.31. The third kappa shape index (κ3) is 2.56. The number of benzene rings is 1. The van der Waals surface area contributed by atoms with E-state index in [4.69, 9.17) is 0 Å². The Hall–Kier alpha value is -2.11. The van der Waals surface area contributed by atoms with Gasteiger partial charge in [0.15, 0.2) is 0 Å². The van der Waals surface area contributed by atoms with Gasteiger partial charge in [-0.05, 0) is 51.0 Å². The molecule has 1 aromatic carbocycles. The molecule has 1 heterocycles. The number of alkyl halides is 3. The highest BCUT2D eigenvalue weighted by Crippen LogP contribution is 2.42. The maximum absolute atomic E-state index is 12.6. The maximum Gasteiger partial charge on any atom is 0.416 e. The van der Waals surface area contributed by atoms with Crippen LogP contribution in [0.15, 0.2) is 35.4 Å². The molecule has 2 atom stereocenters. The van der Waals surface area contributed by atoms with Crippen LogP contribution in [-0.2, 0) is 15.8 Å². The molecule has 1 aliphatic heterocycles. The van der Waals surface area contributed by atoms with Crippen molar-refractivity contribution in [2.24, 2.45) is 11.8 Å². The largest absolute Gasteiger partial charge is 0.416 e. The van der Waals surface area contributed by atoms with E-state index in [0.29, 0.717) is 12.8 Å². The van der Waals surface area contributed by atoms with Crippen LogP contribution in [0.1, 0.15) is 32.3 Å². The average Bonchev–Trinajstić information content (AvgIpc) is 2.71. The van der Waals surface area contributed by atoms with E-state index in [-0.39, 0.29) is 17.5 Å². The second-order valence-corrected chi connectivity index (χ2v) is 6.24. The van der Waals surface area contributed by atoms with Gasteiger partial charge in [0.2, 0.25) is 11.8 Å². The summed E-state index contributed by atoms with van der Waals surface area (Å²) in [5.74, 6) is -1.42. The lowest BCUT2D eigenvalue weighted by Crippen LogP contribution is -2.30. The van der Waals surface area contributed by atoms with Crippen LogP contribution in [0, 0.1) is 11.8 Å². The Morgan fingerprint density at radius 3 is 1.74 bits per heavy atom. The van der Waals surface area contributed by atoms with Gasteiger partial charge in [-0.25, -0.2) is 0 Å². The molecule has 0 N–H and O–H groups in total. The number of carbonyl (C=O) groups excluding carboxylic acids is 2. The minimum atomic E-state index is -4.44. The Bertz CT molecular complexity index is 672. The number of rotatable bonds is 1. The molecule has 0 unspecified atom stereocenters. The second kappa shape index (κ2) is 5.22. The van der Waals surface area contributed by atoms with E-state index < -0.39 is 23.6 Å². The monoisotopic (exact) mass is 323 g/mol. The van der Waals surface area contributed by atoms with E-state index >= 15 is 0 Å². The first-order chi connectivity index (χ1) is 10.7. The summed E-state index contributed by atoms with van der Waals surface area (Å²) < 4.78 is 37.9. The first kappa shape index (κ1) is 15.8. The fraction of sp³-hybridized carbons (Fsp3) is 0.412. The molecule has 0 spiro atoms. The fourth-order valence-electron chi connectivity index (χ4n) is 3.31. The molecule has 2 aliphatic rings. The van der Waals surface area contributed by atoms with Crippen molar-refractivity contribution in [2.75, 3.05) is 4.90 Å². The van der Waals surface area contributed by atoms with E-state index in [9.17, 15) is 22.8 Å². The maximum atomic E-state index is 12.6.